The molecule has 3 rings (SSSR count). The quantitative estimate of drug-likeness (QED) is 0.841. The zero-order valence-corrected chi connectivity index (χ0v) is 13.6. The molecule has 126 valence electrons. The van der Waals surface area contributed by atoms with E-state index in [1.807, 2.05) is 0 Å². The van der Waals surface area contributed by atoms with E-state index in [4.69, 9.17) is 0 Å². The highest BCUT2D eigenvalue weighted by molar-refractivity contribution is 6.34. The number of benzene rings is 2. The molecule has 1 aliphatic rings. The summed E-state index contributed by atoms with van der Waals surface area (Å²) in [7, 11) is 0. The lowest BCUT2D eigenvalue weighted by atomic mass is 10.1. The minimum atomic E-state index is -0.479. The van der Waals surface area contributed by atoms with Crippen LogP contribution in [0.15, 0.2) is 42.5 Å². The third kappa shape index (κ3) is 3.12. The van der Waals surface area contributed by atoms with Crippen molar-refractivity contribution in [2.45, 2.75) is 13.8 Å². The first-order valence-corrected chi connectivity index (χ1v) is 7.55. The molecule has 0 aliphatic carbocycles. The zero-order valence-electron chi connectivity index (χ0n) is 13.6. The van der Waals surface area contributed by atoms with Gasteiger partial charge in [0.25, 0.3) is 11.8 Å². The van der Waals surface area contributed by atoms with Crippen LogP contribution >= 0.6 is 0 Å². The number of nitrogens with one attached hydrogen (secondary N) is 2. The molecular weight excluding hydrogens is 322 g/mol. The van der Waals surface area contributed by atoms with Crippen molar-refractivity contribution in [3.63, 3.8) is 0 Å². The SMILES string of the molecule is CC(=O)Nc1cccc(N2C(=O)c3ccc(NC(C)=O)cc3C2=O)c1. The summed E-state index contributed by atoms with van der Waals surface area (Å²) in [4.78, 5) is 48.7. The van der Waals surface area contributed by atoms with Crippen molar-refractivity contribution in [3.8, 4) is 0 Å². The standard InChI is InChI=1S/C18H15N3O4/c1-10(22)19-12-4-3-5-14(8-12)21-17(24)15-7-6-13(20-11(2)23)9-16(15)18(21)25/h3-9H,1-2H3,(H,19,22)(H,20,23). The van der Waals surface area contributed by atoms with Crippen LogP contribution in [0.4, 0.5) is 17.1 Å². The van der Waals surface area contributed by atoms with Gasteiger partial charge in [-0.25, -0.2) is 4.90 Å². The van der Waals surface area contributed by atoms with Crippen molar-refractivity contribution < 1.29 is 19.2 Å². The first kappa shape index (κ1) is 16.4. The lowest BCUT2D eigenvalue weighted by molar-refractivity contribution is -0.115. The second kappa shape index (κ2) is 6.20. The Morgan fingerprint density at radius 1 is 0.800 bits per heavy atom. The van der Waals surface area contributed by atoms with Gasteiger partial charge in [-0.15, -0.1) is 0 Å². The second-order valence-electron chi connectivity index (χ2n) is 5.62. The minimum absolute atomic E-state index is 0.223. The van der Waals surface area contributed by atoms with E-state index in [9.17, 15) is 19.2 Å². The first-order chi connectivity index (χ1) is 11.9. The monoisotopic (exact) mass is 337 g/mol. The van der Waals surface area contributed by atoms with Gasteiger partial charge in [0.2, 0.25) is 11.8 Å². The van der Waals surface area contributed by atoms with Gasteiger partial charge in [0, 0.05) is 25.2 Å². The maximum Gasteiger partial charge on any atom is 0.266 e. The molecule has 2 aromatic carbocycles. The van der Waals surface area contributed by atoms with Crippen molar-refractivity contribution in [2.24, 2.45) is 0 Å². The Kier molecular flexibility index (Phi) is 4.06. The van der Waals surface area contributed by atoms with Gasteiger partial charge in [0.1, 0.15) is 0 Å². The lowest BCUT2D eigenvalue weighted by Crippen LogP contribution is -2.29. The molecule has 4 amide bonds. The number of carbonyl (C=O) groups is 4. The van der Waals surface area contributed by atoms with Gasteiger partial charge < -0.3 is 10.6 Å². The zero-order chi connectivity index (χ0) is 18.1. The fourth-order valence-electron chi connectivity index (χ4n) is 2.68. The lowest BCUT2D eigenvalue weighted by Gasteiger charge is -2.15. The van der Waals surface area contributed by atoms with E-state index >= 15 is 0 Å². The summed E-state index contributed by atoms with van der Waals surface area (Å²) in [5.41, 5.74) is 1.78. The van der Waals surface area contributed by atoms with E-state index in [1.54, 1.807) is 30.3 Å². The van der Waals surface area contributed by atoms with Crippen molar-refractivity contribution in [3.05, 3.63) is 53.6 Å². The Hall–Kier alpha value is -3.48. The third-order valence-corrected chi connectivity index (χ3v) is 3.63. The van der Waals surface area contributed by atoms with Gasteiger partial charge in [0.05, 0.1) is 16.8 Å². The third-order valence-electron chi connectivity index (χ3n) is 3.63. The van der Waals surface area contributed by atoms with Gasteiger partial charge in [-0.2, -0.15) is 0 Å². The topological polar surface area (TPSA) is 95.6 Å². The minimum Gasteiger partial charge on any atom is -0.326 e. The molecule has 25 heavy (non-hydrogen) atoms. The molecule has 0 bridgehead atoms. The van der Waals surface area contributed by atoms with Crippen LogP contribution in [0.5, 0.6) is 0 Å². The number of carbonyl (C=O) groups excluding carboxylic acids is 4. The average Bonchev–Trinajstić information content (AvgIpc) is 2.77. The average molecular weight is 337 g/mol. The molecule has 0 fully saturated rings. The number of hydrogen-bond acceptors (Lipinski definition) is 4. The molecule has 2 aromatic rings. The summed E-state index contributed by atoms with van der Waals surface area (Å²) in [6.07, 6.45) is 0. The molecule has 0 radical (unpaired) electrons. The largest absolute Gasteiger partial charge is 0.326 e. The highest BCUT2D eigenvalue weighted by atomic mass is 16.2. The molecule has 7 nitrogen and oxygen atoms in total. The van der Waals surface area contributed by atoms with Crippen LogP contribution in [0, 0.1) is 0 Å². The number of hydrogen-bond donors (Lipinski definition) is 2. The number of rotatable bonds is 3. The number of imide groups is 1. The predicted molar refractivity (Wildman–Crippen MR) is 92.6 cm³/mol. The van der Waals surface area contributed by atoms with E-state index in [0.717, 1.165) is 4.90 Å². The second-order valence-corrected chi connectivity index (χ2v) is 5.62. The van der Waals surface area contributed by atoms with Gasteiger partial charge in [0.15, 0.2) is 0 Å². The van der Waals surface area contributed by atoms with Crippen LogP contribution in [0.25, 0.3) is 0 Å². The summed E-state index contributed by atoms with van der Waals surface area (Å²) in [6, 6.07) is 11.0. The van der Waals surface area contributed by atoms with Gasteiger partial charge in [-0.1, -0.05) is 6.07 Å². The number of nitrogens with zero attached hydrogens (tertiary/aromatic N) is 1. The van der Waals surface area contributed by atoms with Crippen molar-refractivity contribution in [1.82, 2.24) is 0 Å². The van der Waals surface area contributed by atoms with E-state index in [1.165, 1.54) is 26.0 Å². The summed E-state index contributed by atoms with van der Waals surface area (Å²) in [5, 5.41) is 5.20. The summed E-state index contributed by atoms with van der Waals surface area (Å²) in [5.74, 6) is -1.45. The van der Waals surface area contributed by atoms with Crippen molar-refractivity contribution in [2.75, 3.05) is 15.5 Å². The van der Waals surface area contributed by atoms with Gasteiger partial charge in [-0.3, -0.25) is 19.2 Å². The number of fused-ring (bicyclic) bond motifs is 1. The fourth-order valence-corrected chi connectivity index (χ4v) is 2.68. The van der Waals surface area contributed by atoms with Crippen LogP contribution in [0.1, 0.15) is 34.6 Å². The van der Waals surface area contributed by atoms with E-state index < -0.39 is 11.8 Å². The Morgan fingerprint density at radius 2 is 1.40 bits per heavy atom. The van der Waals surface area contributed by atoms with E-state index in [2.05, 4.69) is 10.6 Å². The molecule has 7 heteroatoms. The highest BCUT2D eigenvalue weighted by Crippen LogP contribution is 2.31. The predicted octanol–water partition coefficient (Wildman–Crippen LogP) is 2.40. The molecule has 0 atom stereocenters. The summed E-state index contributed by atoms with van der Waals surface area (Å²) < 4.78 is 0. The Bertz CT molecular complexity index is 920. The maximum absolute atomic E-state index is 12.7. The van der Waals surface area contributed by atoms with Crippen LogP contribution in [0.3, 0.4) is 0 Å². The van der Waals surface area contributed by atoms with Crippen LogP contribution in [-0.2, 0) is 9.59 Å². The number of anilines is 3. The molecule has 1 aliphatic heterocycles. The van der Waals surface area contributed by atoms with Crippen molar-refractivity contribution in [1.29, 1.82) is 0 Å². The highest BCUT2D eigenvalue weighted by Gasteiger charge is 2.36. The summed E-state index contributed by atoms with van der Waals surface area (Å²) in [6.45, 7) is 2.73. The van der Waals surface area contributed by atoms with Crippen LogP contribution in [-0.4, -0.2) is 23.6 Å². The molecule has 2 N–H and O–H groups in total. The molecule has 0 aromatic heterocycles. The van der Waals surface area contributed by atoms with E-state index in [0.29, 0.717) is 17.1 Å². The van der Waals surface area contributed by atoms with Gasteiger partial charge >= 0.3 is 0 Å². The molecule has 0 saturated heterocycles. The smallest absolute Gasteiger partial charge is 0.266 e. The molecule has 0 unspecified atom stereocenters. The molecule has 1 heterocycles. The molecule has 0 saturated carbocycles. The normalized spacial score (nSPS) is 12.8. The summed E-state index contributed by atoms with van der Waals surface area (Å²) >= 11 is 0. The number of amides is 4. The van der Waals surface area contributed by atoms with Crippen molar-refractivity contribution >= 4 is 40.7 Å². The Labute approximate surface area is 143 Å². The Morgan fingerprint density at radius 3 is 2.04 bits per heavy atom. The Balaban J connectivity index is 1.97. The first-order valence-electron chi connectivity index (χ1n) is 7.55. The van der Waals surface area contributed by atoms with Gasteiger partial charge in [-0.05, 0) is 36.4 Å². The van der Waals surface area contributed by atoms with Crippen LogP contribution in [0.2, 0.25) is 0 Å². The molecular formula is C18H15N3O4. The van der Waals surface area contributed by atoms with Crippen LogP contribution < -0.4 is 15.5 Å². The van der Waals surface area contributed by atoms with E-state index in [-0.39, 0.29) is 22.9 Å². The maximum atomic E-state index is 12.7. The molecule has 0 spiro atoms. The fraction of sp³-hybridized carbons (Fsp3) is 0.111.